The molecule has 0 amide bonds. The highest BCUT2D eigenvalue weighted by molar-refractivity contribution is 7.84. The Morgan fingerprint density at radius 2 is 1.05 bits per heavy atom. The molecule has 0 saturated heterocycles. The molecule has 0 heterocycles. The predicted octanol–water partition coefficient (Wildman–Crippen LogP) is 6.43. The van der Waals surface area contributed by atoms with Gasteiger partial charge >= 0.3 is 0 Å². The first kappa shape index (κ1) is 21.7. The molecule has 3 heteroatoms. The SMILES string of the molecule is CCCCCCCCCCCCCCCCCC#CS(=O)O. The molecule has 0 aromatic rings. The lowest BCUT2D eigenvalue weighted by Crippen LogP contribution is -1.83. The van der Waals surface area contributed by atoms with Gasteiger partial charge in [0, 0.05) is 11.7 Å². The van der Waals surface area contributed by atoms with Crippen LogP contribution in [0.2, 0.25) is 0 Å². The Bertz CT molecular complexity index is 304. The molecule has 0 radical (unpaired) electrons. The second-order valence-electron chi connectivity index (χ2n) is 6.23. The number of unbranched alkanes of at least 4 members (excludes halogenated alkanes) is 15. The Balaban J connectivity index is 3.03. The minimum Gasteiger partial charge on any atom is -0.296 e. The zero-order valence-electron chi connectivity index (χ0n) is 14.6. The van der Waals surface area contributed by atoms with E-state index in [4.69, 9.17) is 4.55 Å². The van der Waals surface area contributed by atoms with E-state index in [-0.39, 0.29) is 0 Å². The van der Waals surface area contributed by atoms with E-state index in [9.17, 15) is 4.21 Å². The number of hydrogen-bond acceptors (Lipinski definition) is 1. The van der Waals surface area contributed by atoms with Gasteiger partial charge in [0.25, 0.3) is 0 Å². The van der Waals surface area contributed by atoms with Crippen LogP contribution in [0.3, 0.4) is 0 Å². The van der Waals surface area contributed by atoms with Gasteiger partial charge in [-0.3, -0.25) is 4.55 Å². The summed E-state index contributed by atoms with van der Waals surface area (Å²) in [6, 6.07) is 0. The van der Waals surface area contributed by atoms with Crippen LogP contribution in [0, 0.1) is 11.2 Å². The Kier molecular flexibility index (Phi) is 18.4. The highest BCUT2D eigenvalue weighted by Gasteiger charge is 1.94. The van der Waals surface area contributed by atoms with Crippen LogP contribution in [0.15, 0.2) is 0 Å². The van der Waals surface area contributed by atoms with E-state index in [1.807, 2.05) is 0 Å². The molecule has 0 aromatic heterocycles. The molecule has 0 spiro atoms. The van der Waals surface area contributed by atoms with Gasteiger partial charge in [0.15, 0.2) is 0 Å². The molecule has 22 heavy (non-hydrogen) atoms. The molecular weight excluding hydrogens is 292 g/mol. The molecule has 0 fully saturated rings. The van der Waals surface area contributed by atoms with Crippen LogP contribution >= 0.6 is 0 Å². The van der Waals surface area contributed by atoms with Crippen LogP contribution in [0.1, 0.15) is 110 Å². The Labute approximate surface area is 141 Å². The van der Waals surface area contributed by atoms with Gasteiger partial charge < -0.3 is 0 Å². The minimum absolute atomic E-state index is 0.755. The summed E-state index contributed by atoms with van der Waals surface area (Å²) < 4.78 is 18.8. The van der Waals surface area contributed by atoms with Crippen LogP contribution in [-0.2, 0) is 11.1 Å². The topological polar surface area (TPSA) is 37.3 Å². The van der Waals surface area contributed by atoms with Crippen molar-refractivity contribution in [3.05, 3.63) is 0 Å². The summed E-state index contributed by atoms with van der Waals surface area (Å²) in [5.74, 6) is 2.73. The molecule has 0 aromatic carbocycles. The first-order chi connectivity index (χ1) is 10.8. The van der Waals surface area contributed by atoms with Crippen molar-refractivity contribution in [2.24, 2.45) is 0 Å². The standard InChI is InChI=1S/C19H36O2S/c1-2-3-4-5-6-7-8-9-10-11-12-13-14-15-16-17-18-19-22(20)21/h2-17H2,1H3,(H,20,21). The summed E-state index contributed by atoms with van der Waals surface area (Å²) in [6.45, 7) is 2.27. The lowest BCUT2D eigenvalue weighted by molar-refractivity contribution is 0.533. The highest BCUT2D eigenvalue weighted by Crippen LogP contribution is 2.13. The van der Waals surface area contributed by atoms with Crippen molar-refractivity contribution in [2.75, 3.05) is 0 Å². The van der Waals surface area contributed by atoms with E-state index in [2.05, 4.69) is 18.1 Å². The number of rotatable bonds is 15. The van der Waals surface area contributed by atoms with Crippen LogP contribution in [-0.4, -0.2) is 8.76 Å². The minimum atomic E-state index is -1.94. The van der Waals surface area contributed by atoms with E-state index in [0.717, 1.165) is 12.8 Å². The highest BCUT2D eigenvalue weighted by atomic mass is 32.2. The van der Waals surface area contributed by atoms with Crippen molar-refractivity contribution >= 4 is 11.1 Å². The zero-order chi connectivity index (χ0) is 16.3. The van der Waals surface area contributed by atoms with Gasteiger partial charge in [0.05, 0.1) is 0 Å². The molecule has 130 valence electrons. The van der Waals surface area contributed by atoms with Crippen molar-refractivity contribution in [1.82, 2.24) is 0 Å². The van der Waals surface area contributed by atoms with Crippen LogP contribution < -0.4 is 0 Å². The fraction of sp³-hybridized carbons (Fsp3) is 0.895. The van der Waals surface area contributed by atoms with Gasteiger partial charge in [0.2, 0.25) is 11.1 Å². The smallest absolute Gasteiger partial charge is 0.233 e. The molecule has 0 aliphatic rings. The Morgan fingerprint density at radius 3 is 1.41 bits per heavy atom. The summed E-state index contributed by atoms with van der Waals surface area (Å²) >= 11 is -1.94. The molecule has 0 aliphatic carbocycles. The first-order valence-electron chi connectivity index (χ1n) is 9.36. The van der Waals surface area contributed by atoms with Crippen LogP contribution in [0.25, 0.3) is 0 Å². The summed E-state index contributed by atoms with van der Waals surface area (Å²) in [5.41, 5.74) is 0. The second-order valence-corrected chi connectivity index (χ2v) is 6.93. The van der Waals surface area contributed by atoms with E-state index < -0.39 is 11.1 Å². The molecule has 1 N–H and O–H groups in total. The summed E-state index contributed by atoms with van der Waals surface area (Å²) in [5, 5.41) is 2.27. The maximum absolute atomic E-state index is 10.3. The third kappa shape index (κ3) is 19.7. The zero-order valence-corrected chi connectivity index (χ0v) is 15.4. The van der Waals surface area contributed by atoms with Gasteiger partial charge in [-0.05, 0) is 6.42 Å². The third-order valence-electron chi connectivity index (χ3n) is 4.06. The third-order valence-corrected chi connectivity index (χ3v) is 4.38. The van der Waals surface area contributed by atoms with Gasteiger partial charge in [-0.2, -0.15) is 0 Å². The number of hydrogen-bond donors (Lipinski definition) is 1. The molecule has 2 nitrogen and oxygen atoms in total. The van der Waals surface area contributed by atoms with Crippen molar-refractivity contribution in [3.8, 4) is 11.2 Å². The maximum atomic E-state index is 10.3. The average molecular weight is 329 g/mol. The van der Waals surface area contributed by atoms with E-state index in [1.165, 1.54) is 89.9 Å². The average Bonchev–Trinajstić information content (AvgIpc) is 2.50. The van der Waals surface area contributed by atoms with Gasteiger partial charge in [0.1, 0.15) is 0 Å². The molecular formula is C19H36O2S. The van der Waals surface area contributed by atoms with Gasteiger partial charge in [-0.15, -0.1) is 0 Å². The summed E-state index contributed by atoms with van der Waals surface area (Å²) in [4.78, 5) is 0. The molecule has 0 bridgehead atoms. The maximum Gasteiger partial charge on any atom is 0.233 e. The quantitative estimate of drug-likeness (QED) is 0.214. The monoisotopic (exact) mass is 328 g/mol. The van der Waals surface area contributed by atoms with Gasteiger partial charge in [-0.25, -0.2) is 4.21 Å². The first-order valence-corrected chi connectivity index (χ1v) is 10.5. The van der Waals surface area contributed by atoms with Crippen LogP contribution in [0.5, 0.6) is 0 Å². The van der Waals surface area contributed by atoms with E-state index >= 15 is 0 Å². The Hall–Kier alpha value is -0.330. The Morgan fingerprint density at radius 1 is 0.682 bits per heavy atom. The summed E-state index contributed by atoms with van der Waals surface area (Å²) in [7, 11) is 0. The molecule has 0 rings (SSSR count). The molecule has 1 unspecified atom stereocenters. The predicted molar refractivity (Wildman–Crippen MR) is 98.1 cm³/mol. The largest absolute Gasteiger partial charge is 0.296 e. The molecule has 0 saturated carbocycles. The van der Waals surface area contributed by atoms with Crippen molar-refractivity contribution in [3.63, 3.8) is 0 Å². The van der Waals surface area contributed by atoms with Crippen molar-refractivity contribution in [2.45, 2.75) is 110 Å². The van der Waals surface area contributed by atoms with Crippen LogP contribution in [0.4, 0.5) is 0 Å². The fourth-order valence-electron chi connectivity index (χ4n) is 2.70. The van der Waals surface area contributed by atoms with E-state index in [0.29, 0.717) is 0 Å². The van der Waals surface area contributed by atoms with Crippen molar-refractivity contribution in [1.29, 1.82) is 0 Å². The molecule has 1 atom stereocenters. The second kappa shape index (κ2) is 18.7. The lowest BCUT2D eigenvalue weighted by atomic mass is 10.0. The summed E-state index contributed by atoms with van der Waals surface area (Å²) in [6.07, 6.45) is 21.1. The molecule has 0 aliphatic heterocycles. The normalized spacial score (nSPS) is 11.9. The van der Waals surface area contributed by atoms with E-state index in [1.54, 1.807) is 0 Å². The van der Waals surface area contributed by atoms with Gasteiger partial charge in [-0.1, -0.05) is 103 Å². The van der Waals surface area contributed by atoms with Crippen molar-refractivity contribution < 1.29 is 8.76 Å². The lowest BCUT2D eigenvalue weighted by Gasteiger charge is -2.03. The fourth-order valence-corrected chi connectivity index (χ4v) is 2.92.